The largest absolute Gasteiger partial charge is 0.360 e. The molecule has 0 N–H and O–H groups in total. The number of rotatable bonds is 6. The SMILES string of the molecule is COCOC/C(C)=C/C1OC1c1ccccc1. The van der Waals surface area contributed by atoms with E-state index in [4.69, 9.17) is 14.2 Å². The third kappa shape index (κ3) is 3.66. The highest BCUT2D eigenvalue weighted by molar-refractivity contribution is 5.25. The molecule has 92 valence electrons. The minimum Gasteiger partial charge on any atom is -0.360 e. The molecule has 1 aliphatic rings. The van der Waals surface area contributed by atoms with Crippen LogP contribution < -0.4 is 0 Å². The maximum absolute atomic E-state index is 5.62. The van der Waals surface area contributed by atoms with Crippen molar-refractivity contribution >= 4 is 0 Å². The summed E-state index contributed by atoms with van der Waals surface area (Å²) in [7, 11) is 1.62. The van der Waals surface area contributed by atoms with Gasteiger partial charge in [-0.1, -0.05) is 36.4 Å². The molecular weight excluding hydrogens is 216 g/mol. The Morgan fingerprint density at radius 2 is 2.12 bits per heavy atom. The molecule has 0 radical (unpaired) electrons. The molecule has 3 nitrogen and oxygen atoms in total. The summed E-state index contributed by atoms with van der Waals surface area (Å²) in [6, 6.07) is 10.3. The van der Waals surface area contributed by atoms with Gasteiger partial charge in [-0.3, -0.25) is 0 Å². The van der Waals surface area contributed by atoms with E-state index in [2.05, 4.69) is 18.2 Å². The molecule has 0 spiro atoms. The lowest BCUT2D eigenvalue weighted by molar-refractivity contribution is -0.0211. The Kier molecular flexibility index (Phi) is 4.31. The van der Waals surface area contributed by atoms with Crippen LogP contribution in [0.5, 0.6) is 0 Å². The van der Waals surface area contributed by atoms with Crippen molar-refractivity contribution in [2.75, 3.05) is 20.5 Å². The van der Waals surface area contributed by atoms with Crippen LogP contribution in [-0.4, -0.2) is 26.6 Å². The molecule has 0 saturated carbocycles. The number of benzene rings is 1. The van der Waals surface area contributed by atoms with Crippen molar-refractivity contribution in [3.63, 3.8) is 0 Å². The second kappa shape index (κ2) is 5.96. The molecule has 1 saturated heterocycles. The van der Waals surface area contributed by atoms with Crippen LogP contribution in [-0.2, 0) is 14.2 Å². The van der Waals surface area contributed by atoms with Gasteiger partial charge in [0.2, 0.25) is 0 Å². The van der Waals surface area contributed by atoms with Gasteiger partial charge in [0, 0.05) is 7.11 Å². The van der Waals surface area contributed by atoms with E-state index in [-0.39, 0.29) is 12.2 Å². The third-order valence-corrected chi connectivity index (χ3v) is 2.63. The number of methoxy groups -OCH3 is 1. The lowest BCUT2D eigenvalue weighted by atomic mass is 10.1. The molecule has 1 fully saturated rings. The molecule has 0 bridgehead atoms. The van der Waals surface area contributed by atoms with E-state index in [1.54, 1.807) is 7.11 Å². The highest BCUT2D eigenvalue weighted by atomic mass is 16.7. The average molecular weight is 234 g/mol. The van der Waals surface area contributed by atoms with Gasteiger partial charge >= 0.3 is 0 Å². The van der Waals surface area contributed by atoms with E-state index < -0.39 is 0 Å². The highest BCUT2D eigenvalue weighted by Crippen LogP contribution is 2.39. The van der Waals surface area contributed by atoms with Crippen molar-refractivity contribution < 1.29 is 14.2 Å². The fraction of sp³-hybridized carbons (Fsp3) is 0.429. The van der Waals surface area contributed by atoms with Crippen molar-refractivity contribution in [3.05, 3.63) is 47.5 Å². The zero-order valence-corrected chi connectivity index (χ0v) is 10.3. The first kappa shape index (κ1) is 12.3. The zero-order chi connectivity index (χ0) is 12.1. The van der Waals surface area contributed by atoms with Crippen LogP contribution >= 0.6 is 0 Å². The van der Waals surface area contributed by atoms with Crippen molar-refractivity contribution in [1.82, 2.24) is 0 Å². The Hall–Kier alpha value is -1.16. The van der Waals surface area contributed by atoms with Gasteiger partial charge in [0.05, 0.1) is 6.61 Å². The second-order valence-electron chi connectivity index (χ2n) is 4.20. The summed E-state index contributed by atoms with van der Waals surface area (Å²) in [6.45, 7) is 2.97. The first-order valence-electron chi connectivity index (χ1n) is 5.75. The van der Waals surface area contributed by atoms with Gasteiger partial charge in [0.1, 0.15) is 19.0 Å². The van der Waals surface area contributed by atoms with Crippen LogP contribution in [0.4, 0.5) is 0 Å². The first-order valence-corrected chi connectivity index (χ1v) is 5.75. The fourth-order valence-corrected chi connectivity index (χ4v) is 1.78. The van der Waals surface area contributed by atoms with Crippen LogP contribution in [0.15, 0.2) is 42.0 Å². The van der Waals surface area contributed by atoms with Crippen LogP contribution in [0.1, 0.15) is 18.6 Å². The number of hydrogen-bond donors (Lipinski definition) is 0. The van der Waals surface area contributed by atoms with E-state index >= 15 is 0 Å². The summed E-state index contributed by atoms with van der Waals surface area (Å²) in [5.74, 6) is 0. The van der Waals surface area contributed by atoms with Crippen LogP contribution in [0.3, 0.4) is 0 Å². The predicted octanol–water partition coefficient (Wildman–Crippen LogP) is 2.69. The Bertz CT molecular complexity index is 372. The molecule has 0 aliphatic carbocycles. The molecule has 1 aliphatic heterocycles. The summed E-state index contributed by atoms with van der Waals surface area (Å²) in [5.41, 5.74) is 2.41. The van der Waals surface area contributed by atoms with E-state index in [1.165, 1.54) is 11.1 Å². The summed E-state index contributed by atoms with van der Waals surface area (Å²) in [6.07, 6.45) is 2.53. The molecule has 2 unspecified atom stereocenters. The predicted molar refractivity (Wildman–Crippen MR) is 65.6 cm³/mol. The minimum absolute atomic E-state index is 0.198. The van der Waals surface area contributed by atoms with Crippen LogP contribution in [0, 0.1) is 0 Å². The number of hydrogen-bond acceptors (Lipinski definition) is 3. The second-order valence-corrected chi connectivity index (χ2v) is 4.20. The van der Waals surface area contributed by atoms with E-state index in [0.717, 1.165) is 0 Å². The average Bonchev–Trinajstić information content (AvgIpc) is 3.10. The lowest BCUT2D eigenvalue weighted by Crippen LogP contribution is -2.00. The quantitative estimate of drug-likeness (QED) is 0.328. The van der Waals surface area contributed by atoms with Crippen molar-refractivity contribution in [2.45, 2.75) is 19.1 Å². The van der Waals surface area contributed by atoms with E-state index in [9.17, 15) is 0 Å². The Morgan fingerprint density at radius 1 is 1.35 bits per heavy atom. The van der Waals surface area contributed by atoms with Gasteiger partial charge in [0.25, 0.3) is 0 Å². The molecule has 0 amide bonds. The minimum atomic E-state index is 0.198. The molecule has 2 rings (SSSR count). The molecule has 2 atom stereocenters. The van der Waals surface area contributed by atoms with Crippen molar-refractivity contribution in [2.24, 2.45) is 0 Å². The Labute approximate surface area is 102 Å². The molecule has 3 heteroatoms. The number of ether oxygens (including phenoxy) is 3. The molecule has 1 heterocycles. The standard InChI is InChI=1S/C14H18O3/c1-11(9-16-10-15-2)8-13-14(17-13)12-6-4-3-5-7-12/h3-8,13-14H,9-10H2,1-2H3/b11-8+. The molecule has 1 aromatic carbocycles. The topological polar surface area (TPSA) is 31.0 Å². The van der Waals surface area contributed by atoms with Gasteiger partial charge in [0.15, 0.2) is 0 Å². The maximum atomic E-state index is 5.62. The van der Waals surface area contributed by atoms with Gasteiger partial charge < -0.3 is 14.2 Å². The van der Waals surface area contributed by atoms with E-state index in [0.29, 0.717) is 13.4 Å². The third-order valence-electron chi connectivity index (χ3n) is 2.63. The van der Waals surface area contributed by atoms with Crippen molar-refractivity contribution in [3.8, 4) is 0 Å². The van der Waals surface area contributed by atoms with Gasteiger partial charge in [-0.2, -0.15) is 0 Å². The Morgan fingerprint density at radius 3 is 2.82 bits per heavy atom. The summed E-state index contributed by atoms with van der Waals surface area (Å²) in [4.78, 5) is 0. The van der Waals surface area contributed by atoms with Gasteiger partial charge in [-0.25, -0.2) is 0 Å². The summed E-state index contributed by atoms with van der Waals surface area (Å²) >= 11 is 0. The van der Waals surface area contributed by atoms with Gasteiger partial charge in [-0.15, -0.1) is 0 Å². The molecule has 1 aromatic rings. The number of epoxide rings is 1. The van der Waals surface area contributed by atoms with Crippen molar-refractivity contribution in [1.29, 1.82) is 0 Å². The maximum Gasteiger partial charge on any atom is 0.146 e. The highest BCUT2D eigenvalue weighted by Gasteiger charge is 2.38. The summed E-state index contributed by atoms with van der Waals surface area (Å²) < 4.78 is 15.7. The van der Waals surface area contributed by atoms with E-state index in [1.807, 2.05) is 25.1 Å². The smallest absolute Gasteiger partial charge is 0.146 e. The van der Waals surface area contributed by atoms with Crippen LogP contribution in [0.25, 0.3) is 0 Å². The fourth-order valence-electron chi connectivity index (χ4n) is 1.78. The normalized spacial score (nSPS) is 23.8. The monoisotopic (exact) mass is 234 g/mol. The Balaban J connectivity index is 1.81. The zero-order valence-electron chi connectivity index (χ0n) is 10.3. The van der Waals surface area contributed by atoms with Gasteiger partial charge in [-0.05, 0) is 18.1 Å². The molecule has 17 heavy (non-hydrogen) atoms. The first-order chi connectivity index (χ1) is 8.31. The summed E-state index contributed by atoms with van der Waals surface area (Å²) in [5, 5.41) is 0. The molecule has 0 aromatic heterocycles. The lowest BCUT2D eigenvalue weighted by Gasteiger charge is -2.01. The van der Waals surface area contributed by atoms with Crippen LogP contribution in [0.2, 0.25) is 0 Å². The molecular formula is C14H18O3.